The lowest BCUT2D eigenvalue weighted by molar-refractivity contribution is 0.109. The topological polar surface area (TPSA) is 21.6 Å². The van der Waals surface area contributed by atoms with E-state index in [1.165, 1.54) is 0 Å². The Morgan fingerprint density at radius 1 is 1.31 bits per heavy atom. The number of ether oxygens (including phenoxy) is 1. The van der Waals surface area contributed by atoms with E-state index in [1.807, 2.05) is 0 Å². The predicted octanol–water partition coefficient (Wildman–Crippen LogP) is 3.41. The summed E-state index contributed by atoms with van der Waals surface area (Å²) >= 11 is 4.49. The highest BCUT2D eigenvalue weighted by molar-refractivity contribution is 7.78. The number of nitrogens with zero attached hydrogens (tertiary/aromatic N) is 1. The summed E-state index contributed by atoms with van der Waals surface area (Å²) in [6.07, 6.45) is 13.1. The van der Waals surface area contributed by atoms with Gasteiger partial charge < -0.3 is 4.74 Å². The van der Waals surface area contributed by atoms with Gasteiger partial charge in [0.15, 0.2) is 0 Å². The van der Waals surface area contributed by atoms with Crippen molar-refractivity contribution >= 4 is 17.4 Å². The van der Waals surface area contributed by atoms with Crippen LogP contribution < -0.4 is 0 Å². The van der Waals surface area contributed by atoms with Gasteiger partial charge in [-0.1, -0.05) is 24.3 Å². The van der Waals surface area contributed by atoms with Crippen LogP contribution in [0.15, 0.2) is 29.3 Å². The van der Waals surface area contributed by atoms with Crippen LogP contribution in [-0.2, 0) is 4.74 Å². The molecule has 1 aliphatic rings. The van der Waals surface area contributed by atoms with Crippen molar-refractivity contribution in [2.24, 2.45) is 10.9 Å². The lowest BCUT2D eigenvalue weighted by Crippen LogP contribution is -2.08. The molecule has 88 valence electrons. The van der Waals surface area contributed by atoms with Gasteiger partial charge in [0.2, 0.25) is 0 Å². The second kappa shape index (κ2) is 9.46. The van der Waals surface area contributed by atoms with Gasteiger partial charge in [0, 0.05) is 19.1 Å². The van der Waals surface area contributed by atoms with Crippen LogP contribution in [0, 0.1) is 5.92 Å². The Bertz CT molecular complexity index is 280. The van der Waals surface area contributed by atoms with Crippen molar-refractivity contribution in [3.63, 3.8) is 0 Å². The summed E-state index contributed by atoms with van der Waals surface area (Å²) in [5.41, 5.74) is 0. The molecular formula is C13H19NOS. The smallest absolute Gasteiger partial charge is 0.0584 e. The van der Waals surface area contributed by atoms with Gasteiger partial charge >= 0.3 is 0 Å². The van der Waals surface area contributed by atoms with Crippen LogP contribution in [0.25, 0.3) is 0 Å². The Balaban J connectivity index is 1.86. The van der Waals surface area contributed by atoms with Gasteiger partial charge in [-0.05, 0) is 37.9 Å². The van der Waals surface area contributed by atoms with Crippen LogP contribution >= 0.6 is 12.2 Å². The molecule has 0 N–H and O–H groups in total. The lowest BCUT2D eigenvalue weighted by Gasteiger charge is -2.12. The van der Waals surface area contributed by atoms with Gasteiger partial charge in [0.25, 0.3) is 0 Å². The molecule has 3 heteroatoms. The molecule has 0 aromatic heterocycles. The quantitative estimate of drug-likeness (QED) is 0.366. The van der Waals surface area contributed by atoms with E-state index in [-0.39, 0.29) is 0 Å². The average Bonchev–Trinajstić information content (AvgIpc) is 2.34. The Morgan fingerprint density at radius 2 is 2.25 bits per heavy atom. The zero-order valence-corrected chi connectivity index (χ0v) is 10.4. The minimum atomic E-state index is 0.574. The minimum Gasteiger partial charge on any atom is -0.381 e. The first-order chi connectivity index (χ1) is 7.93. The van der Waals surface area contributed by atoms with Crippen molar-refractivity contribution in [3.8, 4) is 0 Å². The molecule has 0 heterocycles. The molecule has 1 unspecified atom stereocenters. The zero-order chi connectivity index (χ0) is 11.5. The largest absolute Gasteiger partial charge is 0.381 e. The molecule has 1 atom stereocenters. The highest BCUT2D eigenvalue weighted by Crippen LogP contribution is 2.11. The van der Waals surface area contributed by atoms with Crippen molar-refractivity contribution in [2.75, 3.05) is 19.8 Å². The van der Waals surface area contributed by atoms with Crippen LogP contribution in [0.4, 0.5) is 0 Å². The van der Waals surface area contributed by atoms with Gasteiger partial charge in [-0.3, -0.25) is 0 Å². The fraction of sp³-hybridized carbons (Fsp3) is 0.615. The number of rotatable bonds is 8. The Labute approximate surface area is 103 Å². The van der Waals surface area contributed by atoms with Gasteiger partial charge in [-0.25, -0.2) is 4.99 Å². The van der Waals surface area contributed by atoms with E-state index in [2.05, 4.69) is 46.7 Å². The molecule has 0 saturated carbocycles. The van der Waals surface area contributed by atoms with E-state index < -0.39 is 0 Å². The third-order valence-corrected chi connectivity index (χ3v) is 2.65. The van der Waals surface area contributed by atoms with Gasteiger partial charge in [0.1, 0.15) is 0 Å². The molecular weight excluding hydrogens is 218 g/mol. The summed E-state index contributed by atoms with van der Waals surface area (Å²) in [5.74, 6) is 0.574. The fourth-order valence-electron chi connectivity index (χ4n) is 1.61. The van der Waals surface area contributed by atoms with E-state index in [4.69, 9.17) is 4.74 Å². The Kier molecular flexibility index (Phi) is 7.87. The zero-order valence-electron chi connectivity index (χ0n) is 9.60. The van der Waals surface area contributed by atoms with E-state index >= 15 is 0 Å². The maximum Gasteiger partial charge on any atom is 0.0584 e. The second-order valence-electron chi connectivity index (χ2n) is 3.92. The second-order valence-corrected chi connectivity index (χ2v) is 4.10. The molecule has 0 radical (unpaired) electrons. The van der Waals surface area contributed by atoms with Crippen LogP contribution in [0.2, 0.25) is 0 Å². The number of thiocarbonyl (C=S) groups is 1. The van der Waals surface area contributed by atoms with E-state index in [1.54, 1.807) is 0 Å². The van der Waals surface area contributed by atoms with E-state index in [0.29, 0.717) is 5.92 Å². The monoisotopic (exact) mass is 237 g/mol. The molecule has 16 heavy (non-hydrogen) atoms. The number of aliphatic imine (C=N–C) groups is 1. The molecule has 0 amide bonds. The molecule has 0 aliphatic heterocycles. The number of hydrogen-bond acceptors (Lipinski definition) is 3. The first-order valence-electron chi connectivity index (χ1n) is 5.88. The highest BCUT2D eigenvalue weighted by atomic mass is 32.1. The Morgan fingerprint density at radius 3 is 3.00 bits per heavy atom. The maximum absolute atomic E-state index is 5.63. The summed E-state index contributed by atoms with van der Waals surface area (Å²) in [6.45, 7) is 2.51. The average molecular weight is 237 g/mol. The van der Waals surface area contributed by atoms with Crippen molar-refractivity contribution in [2.45, 2.75) is 25.7 Å². The SMILES string of the molecule is S=C=NCCCCCOCC1C=CC=CC1. The third-order valence-electron chi connectivity index (χ3n) is 2.52. The highest BCUT2D eigenvalue weighted by Gasteiger charge is 2.04. The van der Waals surface area contributed by atoms with E-state index in [0.717, 1.165) is 45.4 Å². The van der Waals surface area contributed by atoms with Crippen LogP contribution in [0.3, 0.4) is 0 Å². The van der Waals surface area contributed by atoms with Gasteiger partial charge in [0.05, 0.1) is 11.8 Å². The molecule has 0 saturated heterocycles. The number of hydrogen-bond donors (Lipinski definition) is 0. The van der Waals surface area contributed by atoms with Crippen LogP contribution in [-0.4, -0.2) is 24.9 Å². The van der Waals surface area contributed by atoms with Crippen molar-refractivity contribution < 1.29 is 4.74 Å². The fourth-order valence-corrected chi connectivity index (χ4v) is 1.70. The minimum absolute atomic E-state index is 0.574. The summed E-state index contributed by atoms with van der Waals surface area (Å²) < 4.78 is 5.63. The molecule has 1 aliphatic carbocycles. The molecule has 2 nitrogen and oxygen atoms in total. The maximum atomic E-state index is 5.63. The molecule has 0 fully saturated rings. The molecule has 0 aromatic carbocycles. The van der Waals surface area contributed by atoms with E-state index in [9.17, 15) is 0 Å². The normalized spacial score (nSPS) is 18.4. The molecule has 0 bridgehead atoms. The van der Waals surface area contributed by atoms with Crippen molar-refractivity contribution in [1.82, 2.24) is 0 Å². The standard InChI is InChI=1S/C13H19NOS/c16-12-14-9-5-2-6-10-15-11-13-7-3-1-4-8-13/h1,3-4,7,13H,2,5-6,8-11H2. The first kappa shape index (κ1) is 13.3. The summed E-state index contributed by atoms with van der Waals surface area (Å²) in [6, 6.07) is 0. The number of unbranched alkanes of at least 4 members (excludes halogenated alkanes) is 2. The number of isothiocyanates is 1. The van der Waals surface area contributed by atoms with Crippen LogP contribution in [0.1, 0.15) is 25.7 Å². The predicted molar refractivity (Wildman–Crippen MR) is 71.0 cm³/mol. The van der Waals surface area contributed by atoms with Crippen molar-refractivity contribution in [1.29, 1.82) is 0 Å². The van der Waals surface area contributed by atoms with Gasteiger partial charge in [-0.15, -0.1) is 0 Å². The Hall–Kier alpha value is -0.760. The van der Waals surface area contributed by atoms with Crippen molar-refractivity contribution in [3.05, 3.63) is 24.3 Å². The molecule has 0 aromatic rings. The summed E-state index contributed by atoms with van der Waals surface area (Å²) in [7, 11) is 0. The molecule has 1 rings (SSSR count). The van der Waals surface area contributed by atoms with Gasteiger partial charge in [-0.2, -0.15) is 0 Å². The summed E-state index contributed by atoms with van der Waals surface area (Å²) in [4.78, 5) is 3.87. The van der Waals surface area contributed by atoms with Crippen LogP contribution in [0.5, 0.6) is 0 Å². The summed E-state index contributed by atoms with van der Waals surface area (Å²) in [5, 5.41) is 2.38. The lowest BCUT2D eigenvalue weighted by atomic mass is 10.0. The first-order valence-corrected chi connectivity index (χ1v) is 6.29. The third kappa shape index (κ3) is 6.67. The molecule has 0 spiro atoms. The number of allylic oxidation sites excluding steroid dienone is 3.